The molecule has 9 nitrogen and oxygen atoms in total. The van der Waals surface area contributed by atoms with Crippen LogP contribution in [0.4, 0.5) is 30.5 Å². The maximum Gasteiger partial charge on any atom is 0.416 e. The van der Waals surface area contributed by atoms with E-state index in [1.54, 1.807) is 13.0 Å². The predicted octanol–water partition coefficient (Wildman–Crippen LogP) is 1.29. The van der Waals surface area contributed by atoms with Gasteiger partial charge in [0.25, 0.3) is 0 Å². The number of aromatic nitrogens is 2. The minimum Gasteiger partial charge on any atom is -0.399 e. The number of hydrogen-bond donors (Lipinski definition) is 6. The summed E-state index contributed by atoms with van der Waals surface area (Å²) in [5, 5.41) is 6.17. The monoisotopic (exact) mass is 438 g/mol. The molecule has 1 aliphatic heterocycles. The van der Waals surface area contributed by atoms with Gasteiger partial charge >= 0.3 is 11.9 Å². The van der Waals surface area contributed by atoms with Gasteiger partial charge in [0.1, 0.15) is 11.6 Å². The first-order valence-electron chi connectivity index (χ1n) is 9.61. The Hall–Kier alpha value is -3.41. The summed E-state index contributed by atoms with van der Waals surface area (Å²) in [5.41, 5.74) is 16.9. The van der Waals surface area contributed by atoms with E-state index in [9.17, 15) is 18.0 Å². The zero-order chi connectivity index (χ0) is 22.8. The first-order valence-corrected chi connectivity index (χ1v) is 9.61. The summed E-state index contributed by atoms with van der Waals surface area (Å²) in [6, 6.07) is 2.62. The van der Waals surface area contributed by atoms with Crippen molar-refractivity contribution < 1.29 is 13.2 Å². The predicted molar refractivity (Wildman–Crippen MR) is 114 cm³/mol. The van der Waals surface area contributed by atoms with Crippen molar-refractivity contribution in [3.05, 3.63) is 51.2 Å². The molecule has 12 heteroatoms. The fourth-order valence-corrected chi connectivity index (χ4v) is 3.30. The van der Waals surface area contributed by atoms with Crippen molar-refractivity contribution >= 4 is 23.4 Å². The third-order valence-electron chi connectivity index (χ3n) is 4.93. The van der Waals surface area contributed by atoms with E-state index in [0.29, 0.717) is 24.5 Å². The van der Waals surface area contributed by atoms with Crippen LogP contribution in [0, 0.1) is 0 Å². The number of anilines is 3. The Labute approximate surface area is 176 Å². The number of nitrogens with zero attached hydrogens (tertiary/aromatic N) is 2. The van der Waals surface area contributed by atoms with E-state index in [1.807, 2.05) is 4.90 Å². The summed E-state index contributed by atoms with van der Waals surface area (Å²) in [6.45, 7) is 4.56. The number of benzene rings is 1. The molecule has 1 aromatic carbocycles. The lowest BCUT2D eigenvalue weighted by Gasteiger charge is -2.29. The first kappa shape index (κ1) is 22.3. The van der Waals surface area contributed by atoms with Crippen molar-refractivity contribution in [2.45, 2.75) is 19.1 Å². The molecule has 2 aromatic rings. The van der Waals surface area contributed by atoms with Crippen molar-refractivity contribution in [3.63, 3.8) is 0 Å². The normalized spacial score (nSPS) is 16.3. The number of nitrogens with one attached hydrogen (secondary N) is 3. The average Bonchev–Trinajstić information content (AvgIpc) is 2.70. The number of alkyl halides is 3. The molecule has 0 aliphatic carbocycles. The van der Waals surface area contributed by atoms with E-state index in [2.05, 4.69) is 20.6 Å². The van der Waals surface area contributed by atoms with Crippen LogP contribution >= 0.6 is 0 Å². The minimum absolute atomic E-state index is 0.0278. The number of hydrogen-bond acceptors (Lipinski definition) is 8. The van der Waals surface area contributed by atoms with Gasteiger partial charge in [0, 0.05) is 31.9 Å². The van der Waals surface area contributed by atoms with Crippen LogP contribution in [0.15, 0.2) is 28.8 Å². The maximum absolute atomic E-state index is 13.1. The van der Waals surface area contributed by atoms with Gasteiger partial charge in [-0.25, -0.2) is 4.79 Å². The maximum atomic E-state index is 13.1. The van der Waals surface area contributed by atoms with E-state index >= 15 is 0 Å². The quantitative estimate of drug-likeness (QED) is 0.382. The van der Waals surface area contributed by atoms with Crippen LogP contribution in [0.5, 0.6) is 0 Å². The molecule has 0 amide bonds. The lowest BCUT2D eigenvalue weighted by molar-refractivity contribution is -0.137. The van der Waals surface area contributed by atoms with Gasteiger partial charge in [-0.3, -0.25) is 4.98 Å². The molecule has 3 rings (SSSR count). The highest BCUT2D eigenvalue weighted by molar-refractivity contribution is 5.73. The highest BCUT2D eigenvalue weighted by Crippen LogP contribution is 2.33. The van der Waals surface area contributed by atoms with Gasteiger partial charge in [-0.05, 0) is 36.8 Å². The molecular weight excluding hydrogens is 413 g/mol. The van der Waals surface area contributed by atoms with Gasteiger partial charge < -0.3 is 32.7 Å². The van der Waals surface area contributed by atoms with E-state index in [1.165, 1.54) is 6.07 Å². The van der Waals surface area contributed by atoms with E-state index in [4.69, 9.17) is 17.2 Å². The van der Waals surface area contributed by atoms with E-state index in [0.717, 1.165) is 25.2 Å². The highest BCUT2D eigenvalue weighted by atomic mass is 19.4. The van der Waals surface area contributed by atoms with Crippen molar-refractivity contribution in [1.82, 2.24) is 20.2 Å². The number of H-pyrrole nitrogens is 1. The summed E-state index contributed by atoms with van der Waals surface area (Å²) in [4.78, 5) is 20.1. The number of aromatic amines is 1. The van der Waals surface area contributed by atoms with Crippen LogP contribution in [0.1, 0.15) is 29.7 Å². The fourth-order valence-electron chi connectivity index (χ4n) is 3.30. The molecule has 9 N–H and O–H groups in total. The number of piperazine rings is 1. The van der Waals surface area contributed by atoms with Gasteiger partial charge in [-0.15, -0.1) is 0 Å². The van der Waals surface area contributed by atoms with Crippen LogP contribution in [0.3, 0.4) is 0 Å². The molecular formula is C19H25F3N8O. The number of nitrogen functional groups attached to an aromatic ring is 2. The Morgan fingerprint density at radius 2 is 1.94 bits per heavy atom. The van der Waals surface area contributed by atoms with Crippen LogP contribution in [-0.4, -0.2) is 41.0 Å². The Balaban J connectivity index is 1.94. The zero-order valence-electron chi connectivity index (χ0n) is 16.9. The topological polar surface area (TPSA) is 151 Å². The molecule has 0 spiro atoms. The number of nitrogens with two attached hydrogens (primary N) is 3. The molecule has 1 atom stereocenters. The van der Waals surface area contributed by atoms with Crippen LogP contribution in [0.25, 0.3) is 6.08 Å². The molecule has 1 saturated heterocycles. The number of rotatable bonds is 5. The van der Waals surface area contributed by atoms with Crippen LogP contribution < -0.4 is 33.5 Å². The largest absolute Gasteiger partial charge is 0.416 e. The molecule has 1 fully saturated rings. The molecule has 168 valence electrons. The SMILES string of the molecule is C[C@@H](Nc1nc(=O)[nH]c(N)c1/C=C(\N)N1CCNCC1)c1cc(N)cc(C(F)(F)F)c1. The van der Waals surface area contributed by atoms with E-state index < -0.39 is 23.5 Å². The fraction of sp³-hybridized carbons (Fsp3) is 0.368. The Kier molecular flexibility index (Phi) is 6.29. The van der Waals surface area contributed by atoms with Gasteiger partial charge in [-0.1, -0.05) is 0 Å². The van der Waals surface area contributed by atoms with Gasteiger partial charge in [0.15, 0.2) is 0 Å². The first-order chi connectivity index (χ1) is 14.5. The average molecular weight is 438 g/mol. The second kappa shape index (κ2) is 8.76. The zero-order valence-corrected chi connectivity index (χ0v) is 16.9. The van der Waals surface area contributed by atoms with E-state index in [-0.39, 0.29) is 22.9 Å². The molecule has 0 radical (unpaired) electrons. The second-order valence-electron chi connectivity index (χ2n) is 7.28. The molecule has 2 heterocycles. The smallest absolute Gasteiger partial charge is 0.399 e. The Bertz CT molecular complexity index is 1030. The Morgan fingerprint density at radius 3 is 2.58 bits per heavy atom. The molecule has 0 bridgehead atoms. The minimum atomic E-state index is -4.54. The molecule has 0 unspecified atom stereocenters. The third kappa shape index (κ3) is 5.40. The number of halogens is 3. The summed E-state index contributed by atoms with van der Waals surface area (Å²) < 4.78 is 39.4. The third-order valence-corrected chi connectivity index (χ3v) is 4.93. The molecule has 0 saturated carbocycles. The van der Waals surface area contributed by atoms with Gasteiger partial charge in [0.2, 0.25) is 0 Å². The lowest BCUT2D eigenvalue weighted by Crippen LogP contribution is -2.44. The van der Waals surface area contributed by atoms with Crippen molar-refractivity contribution in [2.24, 2.45) is 5.73 Å². The van der Waals surface area contributed by atoms with Gasteiger partial charge in [0.05, 0.1) is 23.0 Å². The Morgan fingerprint density at radius 1 is 1.26 bits per heavy atom. The van der Waals surface area contributed by atoms with Crippen LogP contribution in [0.2, 0.25) is 0 Å². The summed E-state index contributed by atoms with van der Waals surface area (Å²) in [5.74, 6) is 0.570. The van der Waals surface area contributed by atoms with Crippen molar-refractivity contribution in [2.75, 3.05) is 43.0 Å². The highest BCUT2D eigenvalue weighted by Gasteiger charge is 2.31. The summed E-state index contributed by atoms with van der Waals surface area (Å²) >= 11 is 0. The molecule has 31 heavy (non-hydrogen) atoms. The van der Waals surface area contributed by atoms with Gasteiger partial charge in [-0.2, -0.15) is 18.2 Å². The standard InChI is InChI=1S/C19H25F3N8O/c1-10(11-6-12(19(20,21)22)8-13(23)7-11)27-17-14(16(25)28-18(31)29-17)9-15(24)30-4-2-26-3-5-30/h6-10,26H,2-5,23-24H2,1H3,(H4,25,27,28,29,31)/b15-9+/t10-/m1/s1. The second-order valence-corrected chi connectivity index (χ2v) is 7.28. The van der Waals surface area contributed by atoms with Crippen LogP contribution in [-0.2, 0) is 6.18 Å². The van der Waals surface area contributed by atoms with Crippen molar-refractivity contribution in [3.8, 4) is 0 Å². The molecule has 1 aromatic heterocycles. The summed E-state index contributed by atoms with van der Waals surface area (Å²) in [7, 11) is 0. The molecule has 1 aliphatic rings. The van der Waals surface area contributed by atoms with Crippen molar-refractivity contribution in [1.29, 1.82) is 0 Å². The summed E-state index contributed by atoms with van der Waals surface area (Å²) in [6.07, 6.45) is -2.96. The lowest BCUT2D eigenvalue weighted by atomic mass is 10.0.